The topological polar surface area (TPSA) is 64.9 Å². The largest absolute Gasteiger partial charge is 0.489 e. The fourth-order valence-corrected chi connectivity index (χ4v) is 3.11. The molecule has 6 nitrogen and oxygen atoms in total. The average Bonchev–Trinajstić information content (AvgIpc) is 3.19. The third-order valence-electron chi connectivity index (χ3n) is 4.49. The Kier molecular flexibility index (Phi) is 5.29. The van der Waals surface area contributed by atoms with Gasteiger partial charge in [0.25, 0.3) is 0 Å². The van der Waals surface area contributed by atoms with E-state index in [4.69, 9.17) is 4.74 Å². The van der Waals surface area contributed by atoms with Crippen molar-refractivity contribution < 1.29 is 4.74 Å². The Hall–Kier alpha value is -3.67. The quantitative estimate of drug-likeness (QED) is 0.470. The van der Waals surface area contributed by atoms with Crippen LogP contribution in [0.2, 0.25) is 0 Å². The predicted octanol–water partition coefficient (Wildman–Crippen LogP) is 4.20. The molecule has 0 saturated heterocycles. The number of ether oxygens (including phenoxy) is 1. The molecule has 28 heavy (non-hydrogen) atoms. The first kappa shape index (κ1) is 17.7. The first-order chi connectivity index (χ1) is 13.8. The molecule has 1 heterocycles. The second kappa shape index (κ2) is 8.35. The van der Waals surface area contributed by atoms with Gasteiger partial charge in [-0.25, -0.2) is 4.68 Å². The van der Waals surface area contributed by atoms with E-state index >= 15 is 0 Å². The van der Waals surface area contributed by atoms with Crippen molar-refractivity contribution in [1.29, 1.82) is 0 Å². The fraction of sp³-hybridized carbons (Fsp3) is 0.136. The van der Waals surface area contributed by atoms with Crippen molar-refractivity contribution in [3.8, 4) is 5.75 Å². The smallest absolute Gasteiger partial charge is 0.243 e. The summed E-state index contributed by atoms with van der Waals surface area (Å²) < 4.78 is 7.83. The van der Waals surface area contributed by atoms with Crippen molar-refractivity contribution in [2.45, 2.75) is 19.7 Å². The second-order valence-corrected chi connectivity index (χ2v) is 6.36. The van der Waals surface area contributed by atoms with Crippen molar-refractivity contribution in [2.24, 2.45) is 0 Å². The minimum absolute atomic E-state index is 0.514. The summed E-state index contributed by atoms with van der Waals surface area (Å²) >= 11 is 0. The van der Waals surface area contributed by atoms with Crippen LogP contribution >= 0.6 is 0 Å². The number of tetrazole rings is 1. The fourth-order valence-electron chi connectivity index (χ4n) is 3.11. The number of nitrogens with zero attached hydrogens (tertiary/aromatic N) is 4. The van der Waals surface area contributed by atoms with E-state index in [1.54, 1.807) is 10.8 Å². The van der Waals surface area contributed by atoms with Gasteiger partial charge in [-0.05, 0) is 32.8 Å². The van der Waals surface area contributed by atoms with Crippen LogP contribution in [0.25, 0.3) is 10.8 Å². The van der Waals surface area contributed by atoms with Gasteiger partial charge < -0.3 is 10.1 Å². The zero-order valence-corrected chi connectivity index (χ0v) is 15.5. The molecular formula is C22H21N5O. The summed E-state index contributed by atoms with van der Waals surface area (Å²) in [4.78, 5) is 0. The van der Waals surface area contributed by atoms with Crippen LogP contribution in [0.15, 0.2) is 79.4 Å². The van der Waals surface area contributed by atoms with Gasteiger partial charge in [0.15, 0.2) is 0 Å². The van der Waals surface area contributed by atoms with Gasteiger partial charge in [0.05, 0.1) is 6.54 Å². The van der Waals surface area contributed by atoms with Crippen LogP contribution in [0.3, 0.4) is 0 Å². The van der Waals surface area contributed by atoms with Gasteiger partial charge in [0.1, 0.15) is 12.4 Å². The van der Waals surface area contributed by atoms with E-state index in [0.29, 0.717) is 25.6 Å². The Morgan fingerprint density at radius 2 is 1.82 bits per heavy atom. The number of allylic oxidation sites excluding steroid dienone is 1. The molecule has 6 heteroatoms. The number of aromatic nitrogens is 4. The lowest BCUT2D eigenvalue weighted by Crippen LogP contribution is -2.10. The third kappa shape index (κ3) is 3.86. The van der Waals surface area contributed by atoms with Crippen LogP contribution in [0.4, 0.5) is 5.95 Å². The van der Waals surface area contributed by atoms with Gasteiger partial charge >= 0.3 is 0 Å². The van der Waals surface area contributed by atoms with Crippen molar-refractivity contribution in [3.05, 3.63) is 90.5 Å². The van der Waals surface area contributed by atoms with Crippen molar-refractivity contribution in [1.82, 2.24) is 20.2 Å². The molecular weight excluding hydrogens is 350 g/mol. The lowest BCUT2D eigenvalue weighted by molar-refractivity contribution is 0.304. The molecule has 0 atom stereocenters. The minimum Gasteiger partial charge on any atom is -0.489 e. The number of hydrogen-bond acceptors (Lipinski definition) is 5. The molecule has 140 valence electrons. The van der Waals surface area contributed by atoms with Crippen LogP contribution in [0.1, 0.15) is 11.1 Å². The number of anilines is 1. The Balaban J connectivity index is 1.62. The summed E-state index contributed by atoms with van der Waals surface area (Å²) in [7, 11) is 0. The number of hydrogen-bond donors (Lipinski definition) is 1. The Morgan fingerprint density at radius 3 is 2.68 bits per heavy atom. The molecule has 4 aromatic rings. The Bertz CT molecular complexity index is 1070. The number of benzene rings is 3. The number of rotatable bonds is 8. The summed E-state index contributed by atoms with van der Waals surface area (Å²) in [6, 6.07) is 22.5. The average molecular weight is 371 g/mol. The normalized spacial score (nSPS) is 10.7. The van der Waals surface area contributed by atoms with Crippen molar-refractivity contribution in [3.63, 3.8) is 0 Å². The van der Waals surface area contributed by atoms with Crippen LogP contribution in [-0.4, -0.2) is 20.2 Å². The lowest BCUT2D eigenvalue weighted by atomic mass is 10.0. The second-order valence-electron chi connectivity index (χ2n) is 6.36. The van der Waals surface area contributed by atoms with Gasteiger partial charge in [-0.2, -0.15) is 0 Å². The molecule has 0 unspecified atom stereocenters. The monoisotopic (exact) mass is 371 g/mol. The highest BCUT2D eigenvalue weighted by atomic mass is 16.5. The predicted molar refractivity (Wildman–Crippen MR) is 110 cm³/mol. The minimum atomic E-state index is 0.514. The maximum atomic E-state index is 6.16. The van der Waals surface area contributed by atoms with E-state index in [9.17, 15) is 0 Å². The molecule has 3 aromatic carbocycles. The first-order valence-electron chi connectivity index (χ1n) is 9.13. The molecule has 0 aliphatic heterocycles. The maximum Gasteiger partial charge on any atom is 0.243 e. The zero-order valence-electron chi connectivity index (χ0n) is 15.5. The van der Waals surface area contributed by atoms with E-state index in [1.165, 1.54) is 0 Å². The highest BCUT2D eigenvalue weighted by molar-refractivity contribution is 5.88. The van der Waals surface area contributed by atoms with Gasteiger partial charge in [-0.15, -0.1) is 6.58 Å². The molecule has 1 N–H and O–H groups in total. The van der Waals surface area contributed by atoms with Gasteiger partial charge in [0.2, 0.25) is 5.95 Å². The number of fused-ring (bicyclic) bond motifs is 1. The summed E-state index contributed by atoms with van der Waals surface area (Å²) in [5.41, 5.74) is 2.20. The Morgan fingerprint density at radius 1 is 1.00 bits per heavy atom. The maximum absolute atomic E-state index is 6.16. The summed E-state index contributed by atoms with van der Waals surface area (Å²) in [5, 5.41) is 17.4. The van der Waals surface area contributed by atoms with Crippen molar-refractivity contribution >= 4 is 16.7 Å². The van der Waals surface area contributed by atoms with Crippen LogP contribution in [0.5, 0.6) is 5.75 Å². The molecule has 0 aliphatic carbocycles. The van der Waals surface area contributed by atoms with E-state index in [1.807, 2.05) is 36.4 Å². The highest BCUT2D eigenvalue weighted by Gasteiger charge is 2.11. The number of nitrogens with one attached hydrogen (secondary N) is 1. The molecule has 0 aliphatic rings. The van der Waals surface area contributed by atoms with Crippen LogP contribution < -0.4 is 10.1 Å². The van der Waals surface area contributed by atoms with E-state index in [-0.39, 0.29) is 0 Å². The molecule has 1 aromatic heterocycles. The van der Waals surface area contributed by atoms with Crippen molar-refractivity contribution in [2.75, 3.05) is 5.32 Å². The molecule has 0 saturated carbocycles. The molecule has 0 spiro atoms. The van der Waals surface area contributed by atoms with E-state index in [2.05, 4.69) is 57.8 Å². The standard InChI is InChI=1S/C22H21N5O/c1-2-14-27-22(24-25-26-27)23-15-20-19-11-7-6-10-18(19)12-13-21(20)28-16-17-8-4-3-5-9-17/h2-13H,1,14-16H2,(H,23,24,26). The van der Waals surface area contributed by atoms with E-state index < -0.39 is 0 Å². The molecule has 0 amide bonds. The molecule has 0 radical (unpaired) electrons. The van der Waals surface area contributed by atoms with Crippen LogP contribution in [0, 0.1) is 0 Å². The van der Waals surface area contributed by atoms with Gasteiger partial charge in [-0.3, -0.25) is 0 Å². The molecule has 4 rings (SSSR count). The lowest BCUT2D eigenvalue weighted by Gasteiger charge is -2.15. The molecule has 0 bridgehead atoms. The molecule has 0 fully saturated rings. The highest BCUT2D eigenvalue weighted by Crippen LogP contribution is 2.29. The summed E-state index contributed by atoms with van der Waals surface area (Å²) in [6.07, 6.45) is 1.76. The summed E-state index contributed by atoms with van der Waals surface area (Å²) in [6.45, 7) is 5.34. The SMILES string of the molecule is C=CCn1nnnc1NCc1c(OCc2ccccc2)ccc2ccccc12. The van der Waals surface area contributed by atoms with Gasteiger partial charge in [-0.1, -0.05) is 71.8 Å². The van der Waals surface area contributed by atoms with Gasteiger partial charge in [0, 0.05) is 12.1 Å². The van der Waals surface area contributed by atoms with E-state index in [0.717, 1.165) is 27.6 Å². The summed E-state index contributed by atoms with van der Waals surface area (Å²) in [5.74, 6) is 1.44. The Labute approximate surface area is 163 Å². The third-order valence-corrected chi connectivity index (χ3v) is 4.49. The van der Waals surface area contributed by atoms with Crippen LogP contribution in [-0.2, 0) is 19.7 Å². The first-order valence-corrected chi connectivity index (χ1v) is 9.13. The zero-order chi connectivity index (χ0) is 19.2.